The Bertz CT molecular complexity index is 763. The van der Waals surface area contributed by atoms with Gasteiger partial charge in [0.15, 0.2) is 0 Å². The molecule has 0 spiro atoms. The topological polar surface area (TPSA) is 110 Å². The van der Waals surface area contributed by atoms with E-state index in [1.807, 2.05) is 0 Å². The Morgan fingerprint density at radius 1 is 0.929 bits per heavy atom. The summed E-state index contributed by atoms with van der Waals surface area (Å²) in [6, 6.07) is 4.44. The summed E-state index contributed by atoms with van der Waals surface area (Å²) < 4.78 is 30.7. The van der Waals surface area contributed by atoms with Crippen LogP contribution in [0.5, 0.6) is 0 Å². The molecule has 4 rings (SSSR count). The lowest BCUT2D eigenvalue weighted by molar-refractivity contribution is -0.143. The third kappa shape index (κ3) is 4.67. The predicted octanol–water partition coefficient (Wildman–Crippen LogP) is 0.282. The van der Waals surface area contributed by atoms with Gasteiger partial charge >= 0.3 is 17.9 Å². The van der Waals surface area contributed by atoms with E-state index in [0.717, 1.165) is 0 Å². The van der Waals surface area contributed by atoms with E-state index in [2.05, 4.69) is 0 Å². The summed E-state index contributed by atoms with van der Waals surface area (Å²) in [5.41, 5.74) is 0.744. The van der Waals surface area contributed by atoms with Gasteiger partial charge in [-0.1, -0.05) is 6.07 Å². The predicted molar refractivity (Wildman–Crippen MR) is 90.9 cm³/mol. The average Bonchev–Trinajstić information content (AvgIpc) is 3.44. The van der Waals surface area contributed by atoms with E-state index < -0.39 is 17.9 Å². The second-order valence-electron chi connectivity index (χ2n) is 6.82. The van der Waals surface area contributed by atoms with E-state index in [9.17, 15) is 14.4 Å². The molecule has 0 saturated carbocycles. The molecule has 0 N–H and O–H groups in total. The molecule has 1 unspecified atom stereocenters. The standard InChI is InChI=1S/C19H20O9/c20-17(26-10-13-9-25-13)4-11-1-2-12(18(21)27-14-5-23-6-14)3-16(11)19(22)28-15-7-24-8-15/h1-3,13-15H,4-10H2. The van der Waals surface area contributed by atoms with Gasteiger partial charge < -0.3 is 28.4 Å². The van der Waals surface area contributed by atoms with E-state index in [4.69, 9.17) is 28.4 Å². The molecule has 0 aliphatic carbocycles. The number of carbonyl (C=O) groups is 3. The lowest BCUT2D eigenvalue weighted by atomic mass is 10.0. The van der Waals surface area contributed by atoms with Crippen molar-refractivity contribution in [1.29, 1.82) is 0 Å². The van der Waals surface area contributed by atoms with Crippen molar-refractivity contribution >= 4 is 17.9 Å². The first-order valence-electron chi connectivity index (χ1n) is 9.06. The van der Waals surface area contributed by atoms with Crippen molar-refractivity contribution in [3.63, 3.8) is 0 Å². The monoisotopic (exact) mass is 392 g/mol. The molecule has 1 atom stereocenters. The highest BCUT2D eigenvalue weighted by Gasteiger charge is 2.28. The zero-order chi connectivity index (χ0) is 19.5. The van der Waals surface area contributed by atoms with Crippen LogP contribution in [0.2, 0.25) is 0 Å². The Morgan fingerprint density at radius 3 is 2.14 bits per heavy atom. The Labute approximate surface area is 160 Å². The molecule has 0 bridgehead atoms. The third-order valence-electron chi connectivity index (χ3n) is 4.50. The fraction of sp³-hybridized carbons (Fsp3) is 0.526. The van der Waals surface area contributed by atoms with Gasteiger partial charge in [-0.2, -0.15) is 0 Å². The fourth-order valence-electron chi connectivity index (χ4n) is 2.60. The van der Waals surface area contributed by atoms with Gasteiger partial charge in [0, 0.05) is 0 Å². The molecule has 3 aliphatic rings. The summed E-state index contributed by atoms with van der Waals surface area (Å²) in [7, 11) is 0. The average molecular weight is 392 g/mol. The van der Waals surface area contributed by atoms with Gasteiger partial charge in [0.05, 0.1) is 50.6 Å². The minimum absolute atomic E-state index is 0.0420. The molecule has 9 heteroatoms. The van der Waals surface area contributed by atoms with Gasteiger partial charge in [0.25, 0.3) is 0 Å². The molecule has 0 amide bonds. The number of ether oxygens (including phenoxy) is 6. The normalized spacial score (nSPS) is 21.2. The summed E-state index contributed by atoms with van der Waals surface area (Å²) in [4.78, 5) is 36.9. The first-order valence-corrected chi connectivity index (χ1v) is 9.06. The van der Waals surface area contributed by atoms with E-state index in [-0.39, 0.29) is 42.5 Å². The van der Waals surface area contributed by atoms with Crippen molar-refractivity contribution < 1.29 is 42.8 Å². The van der Waals surface area contributed by atoms with Crippen LogP contribution in [-0.4, -0.2) is 75.9 Å². The Morgan fingerprint density at radius 2 is 1.57 bits per heavy atom. The molecule has 3 fully saturated rings. The van der Waals surface area contributed by atoms with E-state index in [1.165, 1.54) is 18.2 Å². The van der Waals surface area contributed by atoms with Crippen LogP contribution in [-0.2, 0) is 39.6 Å². The largest absolute Gasteiger partial charge is 0.463 e. The fourth-order valence-corrected chi connectivity index (χ4v) is 2.60. The number of rotatable bonds is 8. The van der Waals surface area contributed by atoms with Gasteiger partial charge in [0.2, 0.25) is 0 Å². The number of carbonyl (C=O) groups excluding carboxylic acids is 3. The number of epoxide rings is 1. The first-order chi connectivity index (χ1) is 13.6. The molecule has 0 radical (unpaired) electrons. The van der Waals surface area contributed by atoms with Gasteiger partial charge in [-0.25, -0.2) is 9.59 Å². The van der Waals surface area contributed by atoms with Gasteiger partial charge in [-0.3, -0.25) is 4.79 Å². The smallest absolute Gasteiger partial charge is 0.338 e. The maximum Gasteiger partial charge on any atom is 0.338 e. The van der Waals surface area contributed by atoms with Crippen LogP contribution in [0.3, 0.4) is 0 Å². The van der Waals surface area contributed by atoms with Crippen molar-refractivity contribution in [3.05, 3.63) is 34.9 Å². The maximum atomic E-state index is 12.6. The molecule has 3 heterocycles. The van der Waals surface area contributed by atoms with Crippen molar-refractivity contribution in [2.24, 2.45) is 0 Å². The molecule has 0 aromatic heterocycles. The van der Waals surface area contributed by atoms with Crippen LogP contribution >= 0.6 is 0 Å². The maximum absolute atomic E-state index is 12.6. The van der Waals surface area contributed by atoms with E-state index >= 15 is 0 Å². The highest BCUT2D eigenvalue weighted by molar-refractivity contribution is 5.97. The number of benzene rings is 1. The highest BCUT2D eigenvalue weighted by atomic mass is 16.6. The lowest BCUT2D eigenvalue weighted by Crippen LogP contribution is -2.38. The van der Waals surface area contributed by atoms with Gasteiger partial charge in [-0.15, -0.1) is 0 Å². The Hall–Kier alpha value is -2.49. The third-order valence-corrected chi connectivity index (χ3v) is 4.50. The quantitative estimate of drug-likeness (QED) is 0.350. The van der Waals surface area contributed by atoms with Crippen LogP contribution in [0, 0.1) is 0 Å². The van der Waals surface area contributed by atoms with Crippen LogP contribution < -0.4 is 0 Å². The second kappa shape index (κ2) is 8.26. The SMILES string of the molecule is O=C(Cc1ccc(C(=O)OC2COC2)cc1C(=O)OC1COC1)OCC1CO1. The summed E-state index contributed by atoms with van der Waals surface area (Å²) in [5.74, 6) is -1.67. The second-order valence-corrected chi connectivity index (χ2v) is 6.82. The van der Waals surface area contributed by atoms with Crippen LogP contribution in [0.25, 0.3) is 0 Å². The van der Waals surface area contributed by atoms with Gasteiger partial charge in [-0.05, 0) is 17.7 Å². The van der Waals surface area contributed by atoms with Crippen molar-refractivity contribution in [1.82, 2.24) is 0 Å². The minimum Gasteiger partial charge on any atom is -0.463 e. The van der Waals surface area contributed by atoms with Crippen LogP contribution in [0.15, 0.2) is 18.2 Å². The van der Waals surface area contributed by atoms with Crippen LogP contribution in [0.1, 0.15) is 26.3 Å². The van der Waals surface area contributed by atoms with Crippen molar-refractivity contribution in [2.75, 3.05) is 39.6 Å². The van der Waals surface area contributed by atoms with E-state index in [1.54, 1.807) is 0 Å². The Kier molecular flexibility index (Phi) is 5.56. The Balaban J connectivity index is 1.47. The molecule has 1 aromatic rings. The zero-order valence-electron chi connectivity index (χ0n) is 15.1. The highest BCUT2D eigenvalue weighted by Crippen LogP contribution is 2.20. The molecule has 150 valence electrons. The summed E-state index contributed by atoms with van der Waals surface area (Å²) in [6.07, 6.45) is -0.777. The molecule has 28 heavy (non-hydrogen) atoms. The van der Waals surface area contributed by atoms with Crippen LogP contribution in [0.4, 0.5) is 0 Å². The zero-order valence-corrected chi connectivity index (χ0v) is 15.1. The summed E-state index contributed by atoms with van der Waals surface area (Å²) >= 11 is 0. The number of hydrogen-bond donors (Lipinski definition) is 0. The molecule has 3 aliphatic heterocycles. The molecule has 1 aromatic carbocycles. The number of esters is 3. The summed E-state index contributed by atoms with van der Waals surface area (Å²) in [6.45, 7) is 2.14. The van der Waals surface area contributed by atoms with Crippen molar-refractivity contribution in [2.45, 2.75) is 24.7 Å². The molecular formula is C19H20O9. The van der Waals surface area contributed by atoms with Gasteiger partial charge in [0.1, 0.15) is 24.9 Å². The number of hydrogen-bond acceptors (Lipinski definition) is 9. The molecule has 3 saturated heterocycles. The van der Waals surface area contributed by atoms with E-state index in [0.29, 0.717) is 38.6 Å². The lowest BCUT2D eigenvalue weighted by Gasteiger charge is -2.26. The minimum atomic E-state index is -0.622. The first kappa shape index (κ1) is 18.9. The van der Waals surface area contributed by atoms with Crippen molar-refractivity contribution in [3.8, 4) is 0 Å². The summed E-state index contributed by atoms with van der Waals surface area (Å²) in [5, 5.41) is 0. The molecule has 9 nitrogen and oxygen atoms in total. The molecular weight excluding hydrogens is 372 g/mol.